The fourth-order valence-corrected chi connectivity index (χ4v) is 8.76. The first kappa shape index (κ1) is 37.7. The van der Waals surface area contributed by atoms with E-state index in [1.54, 1.807) is 20.8 Å². The quantitative estimate of drug-likeness (QED) is 0.395. The molecule has 3 aliphatic rings. The lowest BCUT2D eigenvalue weighted by atomic mass is 9.97. The largest absolute Gasteiger partial charge is 0.425 e. The molecule has 2 aromatic rings. The second kappa shape index (κ2) is 15.0. The van der Waals surface area contributed by atoms with Gasteiger partial charge < -0.3 is 30.5 Å². The van der Waals surface area contributed by atoms with Gasteiger partial charge in [-0.2, -0.15) is 4.31 Å². The molecule has 4 amide bonds. The van der Waals surface area contributed by atoms with Crippen LogP contribution in [0.4, 0.5) is 13.6 Å². The number of carbonyl (C=O) groups is 4. The van der Waals surface area contributed by atoms with Gasteiger partial charge in [-0.3, -0.25) is 14.4 Å². The van der Waals surface area contributed by atoms with E-state index in [-0.39, 0.29) is 45.9 Å². The van der Waals surface area contributed by atoms with Crippen LogP contribution in [0.25, 0.3) is 0 Å². The van der Waals surface area contributed by atoms with Crippen molar-refractivity contribution in [2.45, 2.75) is 75.4 Å². The summed E-state index contributed by atoms with van der Waals surface area (Å²) in [6, 6.07) is 3.04. The molecule has 3 saturated heterocycles. The number of benzene rings is 2. The van der Waals surface area contributed by atoms with Gasteiger partial charge in [0.05, 0.1) is 17.6 Å². The number of nitrogens with zero attached hydrogens (tertiary/aromatic N) is 4. The normalized spacial score (nSPS) is 23.7. The zero-order valence-corrected chi connectivity index (χ0v) is 29.9. The van der Waals surface area contributed by atoms with Crippen LogP contribution in [-0.4, -0.2) is 108 Å². The Morgan fingerprint density at radius 3 is 2.42 bits per heavy atom. The van der Waals surface area contributed by atoms with Crippen LogP contribution in [0.1, 0.15) is 39.2 Å². The minimum Gasteiger partial charge on any atom is -0.425 e. The molecule has 272 valence electrons. The van der Waals surface area contributed by atoms with Crippen LogP contribution in [0.3, 0.4) is 0 Å². The maximum absolute atomic E-state index is 14.3. The van der Waals surface area contributed by atoms with E-state index in [2.05, 4.69) is 5.32 Å². The van der Waals surface area contributed by atoms with Crippen molar-refractivity contribution in [2.75, 3.05) is 26.2 Å². The number of sulfonamides is 1. The molecular weight excluding hydrogens is 721 g/mol. The minimum atomic E-state index is -4.55. The molecule has 13 nitrogen and oxygen atoms in total. The van der Waals surface area contributed by atoms with Crippen LogP contribution in [-0.2, 0) is 35.6 Å². The van der Waals surface area contributed by atoms with Gasteiger partial charge in [-0.15, -0.1) is 0 Å². The Balaban J connectivity index is 1.50. The lowest BCUT2D eigenvalue weighted by Crippen LogP contribution is -2.76. The number of hydrogen-bond acceptors (Lipinski definition) is 8. The van der Waals surface area contributed by atoms with Crippen LogP contribution < -0.4 is 11.1 Å². The Hall–Kier alpha value is -3.57. The monoisotopic (exact) mass is 758 g/mol. The molecule has 0 bridgehead atoms. The highest BCUT2D eigenvalue weighted by molar-refractivity contribution is 7.89. The molecule has 3 aliphatic heterocycles. The molecule has 0 aliphatic carbocycles. The molecule has 0 aromatic heterocycles. The molecule has 18 heteroatoms. The summed E-state index contributed by atoms with van der Waals surface area (Å²) in [4.78, 5) is 57.8. The van der Waals surface area contributed by atoms with Crippen LogP contribution in [0.15, 0.2) is 41.3 Å². The van der Waals surface area contributed by atoms with Crippen molar-refractivity contribution in [3.05, 3.63) is 63.6 Å². The molecule has 5 unspecified atom stereocenters. The highest BCUT2D eigenvalue weighted by atomic mass is 35.5. The first-order valence-electron chi connectivity index (χ1n) is 16.1. The van der Waals surface area contributed by atoms with E-state index in [1.807, 2.05) is 0 Å². The van der Waals surface area contributed by atoms with Crippen molar-refractivity contribution >= 4 is 57.0 Å². The zero-order valence-electron chi connectivity index (χ0n) is 27.5. The van der Waals surface area contributed by atoms with Gasteiger partial charge >= 0.3 is 6.09 Å². The van der Waals surface area contributed by atoms with E-state index in [0.29, 0.717) is 19.4 Å². The Kier molecular flexibility index (Phi) is 11.3. The fraction of sp³-hybridized carbons (Fsp3) is 0.500. The highest BCUT2D eigenvalue weighted by Crippen LogP contribution is 2.35. The molecule has 0 spiro atoms. The summed E-state index contributed by atoms with van der Waals surface area (Å²) in [5.41, 5.74) is 6.22. The van der Waals surface area contributed by atoms with Gasteiger partial charge in [0, 0.05) is 37.5 Å². The zero-order chi connectivity index (χ0) is 36.7. The van der Waals surface area contributed by atoms with Gasteiger partial charge in [0.2, 0.25) is 27.7 Å². The third-order valence-electron chi connectivity index (χ3n) is 9.18. The number of alkyl carbamates (subject to hydrolysis) is 1. The molecule has 3 fully saturated rings. The molecule has 5 atom stereocenters. The third-order valence-corrected chi connectivity index (χ3v) is 11.8. The predicted molar refractivity (Wildman–Crippen MR) is 178 cm³/mol. The summed E-state index contributed by atoms with van der Waals surface area (Å²) in [7, 11) is -4.55. The number of likely N-dealkylation sites (N-methyl/N-ethyl adjacent to an activating group) is 1. The molecule has 50 heavy (non-hydrogen) atoms. The minimum absolute atomic E-state index is 0.145. The lowest BCUT2D eigenvalue weighted by molar-refractivity contribution is -0.166. The van der Waals surface area contributed by atoms with Gasteiger partial charge in [0.25, 0.3) is 0 Å². The average molecular weight is 760 g/mol. The van der Waals surface area contributed by atoms with Crippen LogP contribution >= 0.6 is 23.2 Å². The topological polar surface area (TPSA) is 163 Å². The standard InChI is InChI=1S/C32H38Cl2F2N6O7S/c1-4-39-16-26-41(50(47,48)25-10-8-19(33)14-20(25)34)15-23(38-32(46)49-27-6-5-11-40(27)31(45)28(37)17(2)3)29(43)42(26)24(30(39)44)13-18-7-9-21(35)22(36)12-18/h7-10,12,14,17,23-24,26-28H,4-6,11,13,15-16,37H2,1-3H3,(H,38,46). The van der Waals surface area contributed by atoms with E-state index in [9.17, 15) is 36.4 Å². The van der Waals surface area contributed by atoms with Crippen molar-refractivity contribution in [1.82, 2.24) is 24.3 Å². The van der Waals surface area contributed by atoms with E-state index >= 15 is 0 Å². The Morgan fingerprint density at radius 1 is 1.06 bits per heavy atom. The van der Waals surface area contributed by atoms with Crippen LogP contribution in [0.5, 0.6) is 0 Å². The molecule has 0 radical (unpaired) electrons. The molecule has 3 heterocycles. The Bertz CT molecular complexity index is 1790. The average Bonchev–Trinajstić information content (AvgIpc) is 3.51. The fourth-order valence-electron chi connectivity index (χ4n) is 6.43. The van der Waals surface area contributed by atoms with Crippen molar-refractivity contribution in [1.29, 1.82) is 0 Å². The Labute approximate surface area is 298 Å². The summed E-state index contributed by atoms with van der Waals surface area (Å²) in [6.07, 6.45) is -2.82. The third kappa shape index (κ3) is 7.40. The number of nitrogens with one attached hydrogen (secondary N) is 1. The number of piperazine rings is 1. The number of rotatable bonds is 9. The maximum Gasteiger partial charge on any atom is 0.409 e. The molecule has 0 saturated carbocycles. The summed E-state index contributed by atoms with van der Waals surface area (Å²) < 4.78 is 63.2. The van der Waals surface area contributed by atoms with Crippen molar-refractivity contribution in [3.8, 4) is 0 Å². The van der Waals surface area contributed by atoms with Crippen molar-refractivity contribution in [3.63, 3.8) is 0 Å². The van der Waals surface area contributed by atoms with Crippen molar-refractivity contribution < 1.29 is 41.1 Å². The molecular formula is C32H38Cl2F2N6O7S. The maximum atomic E-state index is 14.3. The van der Waals surface area contributed by atoms with Gasteiger partial charge in [0.1, 0.15) is 23.1 Å². The van der Waals surface area contributed by atoms with E-state index in [4.69, 9.17) is 33.7 Å². The van der Waals surface area contributed by atoms with Crippen molar-refractivity contribution in [2.24, 2.45) is 11.7 Å². The van der Waals surface area contributed by atoms with Gasteiger partial charge in [-0.05, 0) is 55.2 Å². The van der Waals surface area contributed by atoms with Gasteiger partial charge in [0.15, 0.2) is 17.9 Å². The molecule has 3 N–H and O–H groups in total. The summed E-state index contributed by atoms with van der Waals surface area (Å²) in [5.74, 6) is -4.23. The smallest absolute Gasteiger partial charge is 0.409 e. The number of likely N-dealkylation sites (tertiary alicyclic amines) is 1. The van der Waals surface area contributed by atoms with E-state index < -0.39 is 82.5 Å². The summed E-state index contributed by atoms with van der Waals surface area (Å²) >= 11 is 12.4. The molecule has 2 aromatic carbocycles. The van der Waals surface area contributed by atoms with Gasteiger partial charge in [-0.1, -0.05) is 43.1 Å². The number of halogens is 4. The van der Waals surface area contributed by atoms with E-state index in [0.717, 1.165) is 21.3 Å². The van der Waals surface area contributed by atoms with Gasteiger partial charge in [-0.25, -0.2) is 22.0 Å². The highest BCUT2D eigenvalue weighted by Gasteiger charge is 2.54. The number of fused-ring (bicyclic) bond motifs is 1. The second-order valence-electron chi connectivity index (χ2n) is 12.7. The molecule has 5 rings (SSSR count). The predicted octanol–water partition coefficient (Wildman–Crippen LogP) is 2.93. The Morgan fingerprint density at radius 2 is 1.78 bits per heavy atom. The number of carbonyl (C=O) groups excluding carboxylic acids is 4. The van der Waals surface area contributed by atoms with E-state index in [1.165, 1.54) is 34.1 Å². The number of nitrogens with two attached hydrogens (primary N) is 1. The second-order valence-corrected chi connectivity index (χ2v) is 15.4. The number of hydrogen-bond donors (Lipinski definition) is 2. The first-order chi connectivity index (χ1) is 23.5. The number of ether oxygens (including phenoxy) is 1. The van der Waals surface area contributed by atoms with Crippen LogP contribution in [0.2, 0.25) is 10.0 Å². The summed E-state index contributed by atoms with van der Waals surface area (Å²) in [5, 5.41) is 2.41. The summed E-state index contributed by atoms with van der Waals surface area (Å²) in [6.45, 7) is 4.87. The SMILES string of the molecule is CCN1CC2N(C(=O)C(NC(=O)OC3CCCN3C(=O)C(N)C(C)C)CN2S(=O)(=O)c2ccc(Cl)cc2Cl)C(Cc2ccc(F)c(F)c2)C1=O. The lowest BCUT2D eigenvalue weighted by Gasteiger charge is -2.53. The van der Waals surface area contributed by atoms with Crippen LogP contribution in [0, 0.1) is 17.6 Å². The first-order valence-corrected chi connectivity index (χ1v) is 18.3. The number of amides is 4.